The number of hydrogen-bond donors (Lipinski definition) is 3. The molecule has 5 aliphatic rings. The van der Waals surface area contributed by atoms with Crippen molar-refractivity contribution in [2.75, 3.05) is 13.7 Å². The van der Waals surface area contributed by atoms with Gasteiger partial charge in [-0.3, -0.25) is 19.2 Å². The van der Waals surface area contributed by atoms with Crippen LogP contribution >= 0.6 is 0 Å². The second-order valence-electron chi connectivity index (χ2n) is 22.0. The van der Waals surface area contributed by atoms with Crippen molar-refractivity contribution in [3.63, 3.8) is 0 Å². The summed E-state index contributed by atoms with van der Waals surface area (Å²) in [4.78, 5) is 63.1. The summed E-state index contributed by atoms with van der Waals surface area (Å²) >= 11 is 0. The molecule has 0 spiro atoms. The molecule has 0 aliphatic heterocycles. The molecule has 0 radical (unpaired) electrons. The number of unbranched alkanes of at least 4 members (excludes halogenated alkanes) is 5. The molecule has 59 heavy (non-hydrogen) atoms. The van der Waals surface area contributed by atoms with Crippen LogP contribution in [0.15, 0.2) is 12.2 Å². The first-order valence-electron chi connectivity index (χ1n) is 23.3. The topological polar surface area (TPSA) is 148 Å². The van der Waals surface area contributed by atoms with Gasteiger partial charge in [0.05, 0.1) is 24.4 Å². The highest BCUT2D eigenvalue weighted by Gasteiger charge is 2.72. The first kappa shape index (κ1) is 47.1. The van der Waals surface area contributed by atoms with Gasteiger partial charge in [0.25, 0.3) is 0 Å². The number of carbonyl (C=O) groups is 5. The van der Waals surface area contributed by atoms with Crippen LogP contribution in [0, 0.1) is 62.1 Å². The molecule has 0 bridgehead atoms. The van der Waals surface area contributed by atoms with E-state index in [4.69, 9.17) is 4.74 Å². The normalized spacial score (nSPS) is 36.4. The van der Waals surface area contributed by atoms with Gasteiger partial charge in [-0.15, -0.1) is 0 Å². The molecular formula is C49H80N2O8. The van der Waals surface area contributed by atoms with Crippen molar-refractivity contribution >= 4 is 29.7 Å². The predicted molar refractivity (Wildman–Crippen MR) is 230 cm³/mol. The van der Waals surface area contributed by atoms with Crippen LogP contribution in [0.2, 0.25) is 0 Å². The SMILES string of the molecule is C=C(C)[C@@H]1CC[C@]2(C(=O)NCCCCCCCCC(=O)N[C@@H](C)C(=O)OC)CC[C@]3(C)[C@H](CC[C@@H]4[C@@]5(C)CC[C@H](OC(=O)CC(C)(C)C(=O)O)C(C)(C)[C@@H]5CC[C@]43C)[C@@H]12. The van der Waals surface area contributed by atoms with E-state index in [1.807, 2.05) is 0 Å². The molecule has 11 atom stereocenters. The molecule has 0 aromatic carbocycles. The summed E-state index contributed by atoms with van der Waals surface area (Å²) in [6.45, 7) is 24.5. The lowest BCUT2D eigenvalue weighted by Gasteiger charge is -2.72. The molecule has 10 heteroatoms. The number of ether oxygens (including phenoxy) is 2. The fourth-order valence-electron chi connectivity index (χ4n) is 14.4. The van der Waals surface area contributed by atoms with Gasteiger partial charge in [-0.1, -0.05) is 72.5 Å². The Bertz CT molecular complexity index is 1610. The van der Waals surface area contributed by atoms with E-state index in [1.54, 1.807) is 20.8 Å². The zero-order chi connectivity index (χ0) is 43.8. The third-order valence-electron chi connectivity index (χ3n) is 17.9. The number of fused-ring (bicyclic) bond motifs is 7. The Morgan fingerprint density at radius 1 is 0.814 bits per heavy atom. The average molecular weight is 825 g/mol. The highest BCUT2D eigenvalue weighted by atomic mass is 16.5. The summed E-state index contributed by atoms with van der Waals surface area (Å²) in [7, 11) is 1.32. The predicted octanol–water partition coefficient (Wildman–Crippen LogP) is 9.58. The van der Waals surface area contributed by atoms with Crippen LogP contribution in [0.4, 0.5) is 0 Å². The first-order chi connectivity index (χ1) is 27.5. The number of carboxylic acid groups (broad SMARTS) is 1. The lowest BCUT2D eigenvalue weighted by atomic mass is 9.32. The smallest absolute Gasteiger partial charge is 0.328 e. The standard InChI is InChI=1S/C49H80N2O8/c1-31(2)33-21-26-49(42(55)50-29-17-15-13-12-14-16-18-38(52)51-32(3)41(54)58-11)28-27-47(9)34(40(33)49)19-20-36-46(8)24-23-37(59-39(53)30-44(4,5)43(56)57)45(6,7)35(46)22-25-48(36,47)10/h32-37,40H,1,12-30H2,2-11H3,(H,50,55)(H,51,52)(H,56,57)/t32-,33-,34+,35-,36+,37-,40+,46-,47+,48+,49-/m0/s1. The highest BCUT2D eigenvalue weighted by Crippen LogP contribution is 2.77. The van der Waals surface area contributed by atoms with Crippen LogP contribution < -0.4 is 10.6 Å². The zero-order valence-corrected chi connectivity index (χ0v) is 38.5. The van der Waals surface area contributed by atoms with Gasteiger partial charge >= 0.3 is 17.9 Å². The van der Waals surface area contributed by atoms with E-state index in [0.717, 1.165) is 103 Å². The Kier molecular flexibility index (Phi) is 14.2. The number of methoxy groups -OCH3 is 1. The van der Waals surface area contributed by atoms with E-state index in [1.165, 1.54) is 12.7 Å². The molecule has 5 aliphatic carbocycles. The second kappa shape index (κ2) is 17.8. The fourth-order valence-corrected chi connectivity index (χ4v) is 14.4. The molecule has 0 unspecified atom stereocenters. The maximum absolute atomic E-state index is 14.5. The number of carboxylic acids is 1. The number of aliphatic carboxylic acids is 1. The van der Waals surface area contributed by atoms with Gasteiger partial charge in [0.15, 0.2) is 0 Å². The van der Waals surface area contributed by atoms with E-state index in [-0.39, 0.29) is 51.4 Å². The van der Waals surface area contributed by atoms with Gasteiger partial charge in [-0.2, -0.15) is 0 Å². The molecule has 5 rings (SSSR count). The minimum atomic E-state index is -1.16. The van der Waals surface area contributed by atoms with E-state index in [0.29, 0.717) is 42.6 Å². The lowest BCUT2D eigenvalue weighted by Crippen LogP contribution is -2.67. The summed E-state index contributed by atoms with van der Waals surface area (Å²) in [5, 5.41) is 15.8. The Hall–Kier alpha value is -2.91. The van der Waals surface area contributed by atoms with Crippen LogP contribution in [0.3, 0.4) is 0 Å². The fraction of sp³-hybridized carbons (Fsp3) is 0.857. The van der Waals surface area contributed by atoms with Crippen molar-refractivity contribution in [2.45, 2.75) is 190 Å². The van der Waals surface area contributed by atoms with Crippen LogP contribution in [0.25, 0.3) is 0 Å². The molecule has 0 saturated heterocycles. The van der Waals surface area contributed by atoms with Gasteiger partial charge in [0, 0.05) is 18.4 Å². The van der Waals surface area contributed by atoms with Crippen molar-refractivity contribution in [3.8, 4) is 0 Å². The van der Waals surface area contributed by atoms with Gasteiger partial charge < -0.3 is 25.2 Å². The summed E-state index contributed by atoms with van der Waals surface area (Å²) in [6, 6.07) is -0.631. The molecule has 0 heterocycles. The summed E-state index contributed by atoms with van der Waals surface area (Å²) in [5.41, 5.74) is -0.171. The van der Waals surface area contributed by atoms with E-state index in [2.05, 4.69) is 63.5 Å². The number of amides is 2. The van der Waals surface area contributed by atoms with Gasteiger partial charge in [-0.25, -0.2) is 4.79 Å². The maximum Gasteiger partial charge on any atom is 0.328 e. The van der Waals surface area contributed by atoms with Gasteiger partial charge in [0.1, 0.15) is 12.1 Å². The summed E-state index contributed by atoms with van der Waals surface area (Å²) in [5.74, 6) is 0.360. The quantitative estimate of drug-likeness (QED) is 0.0747. The molecule has 0 aromatic rings. The van der Waals surface area contributed by atoms with Crippen LogP contribution in [-0.2, 0) is 33.4 Å². The van der Waals surface area contributed by atoms with E-state index >= 15 is 0 Å². The number of hydrogen-bond acceptors (Lipinski definition) is 7. The van der Waals surface area contributed by atoms with Crippen molar-refractivity contribution in [3.05, 3.63) is 12.2 Å². The van der Waals surface area contributed by atoms with Crippen molar-refractivity contribution < 1.29 is 38.6 Å². The Balaban J connectivity index is 1.20. The number of rotatable bonds is 17. The summed E-state index contributed by atoms with van der Waals surface area (Å²) < 4.78 is 10.9. The van der Waals surface area contributed by atoms with Crippen LogP contribution in [0.5, 0.6) is 0 Å². The molecule has 5 fully saturated rings. The molecular weight excluding hydrogens is 745 g/mol. The molecule has 2 amide bonds. The van der Waals surface area contributed by atoms with Crippen molar-refractivity contribution in [1.29, 1.82) is 0 Å². The number of nitrogens with one attached hydrogen (secondary N) is 2. The van der Waals surface area contributed by atoms with Crippen LogP contribution in [0.1, 0.15) is 178 Å². The molecule has 0 aromatic heterocycles. The maximum atomic E-state index is 14.5. The Labute approximate surface area is 355 Å². The average Bonchev–Trinajstić information content (AvgIpc) is 3.56. The molecule has 3 N–H and O–H groups in total. The van der Waals surface area contributed by atoms with Gasteiger partial charge in [-0.05, 0) is 151 Å². The largest absolute Gasteiger partial charge is 0.481 e. The van der Waals surface area contributed by atoms with Crippen molar-refractivity contribution in [2.24, 2.45) is 62.1 Å². The minimum Gasteiger partial charge on any atom is -0.481 e. The molecule has 334 valence electrons. The van der Waals surface area contributed by atoms with E-state index in [9.17, 15) is 29.1 Å². The Morgan fingerprint density at radius 2 is 1.47 bits per heavy atom. The number of allylic oxidation sites excluding steroid dienone is 1. The lowest BCUT2D eigenvalue weighted by molar-refractivity contribution is -0.249. The number of esters is 2. The second-order valence-corrected chi connectivity index (χ2v) is 22.0. The van der Waals surface area contributed by atoms with Gasteiger partial charge in [0.2, 0.25) is 11.8 Å². The monoisotopic (exact) mass is 825 g/mol. The zero-order valence-electron chi connectivity index (χ0n) is 38.5. The highest BCUT2D eigenvalue weighted by molar-refractivity contribution is 5.84. The Morgan fingerprint density at radius 3 is 2.12 bits per heavy atom. The first-order valence-corrected chi connectivity index (χ1v) is 23.3. The third-order valence-corrected chi connectivity index (χ3v) is 17.9. The van der Waals surface area contributed by atoms with Crippen LogP contribution in [-0.4, -0.2) is 60.6 Å². The number of carbonyl (C=O) groups excluding carboxylic acids is 4. The molecule has 10 nitrogen and oxygen atoms in total. The summed E-state index contributed by atoms with van der Waals surface area (Å²) in [6.07, 6.45) is 16.2. The minimum absolute atomic E-state index is 0.0993. The van der Waals surface area contributed by atoms with E-state index < -0.39 is 29.4 Å². The molecule has 5 saturated carbocycles. The van der Waals surface area contributed by atoms with Crippen molar-refractivity contribution in [1.82, 2.24) is 10.6 Å². The third kappa shape index (κ3) is 8.77.